The van der Waals surface area contributed by atoms with Crippen molar-refractivity contribution < 1.29 is 13.9 Å². The average molecular weight is 285 g/mol. The van der Waals surface area contributed by atoms with Crippen molar-refractivity contribution in [1.82, 2.24) is 0 Å². The van der Waals surface area contributed by atoms with Crippen molar-refractivity contribution in [3.8, 4) is 0 Å². The SMILES string of the molecule is Cc1cc(F)cc(C(O)c2occc2Br)c1. The van der Waals surface area contributed by atoms with E-state index in [1.807, 2.05) is 0 Å². The lowest BCUT2D eigenvalue weighted by Crippen LogP contribution is -2.00. The Morgan fingerprint density at radius 1 is 1.38 bits per heavy atom. The first-order valence-electron chi connectivity index (χ1n) is 4.76. The Balaban J connectivity index is 2.41. The van der Waals surface area contributed by atoms with Gasteiger partial charge in [-0.05, 0) is 52.2 Å². The molecule has 0 fully saturated rings. The normalized spacial score (nSPS) is 12.8. The molecule has 2 aromatic rings. The van der Waals surface area contributed by atoms with Crippen molar-refractivity contribution in [3.63, 3.8) is 0 Å². The van der Waals surface area contributed by atoms with Gasteiger partial charge in [0.05, 0.1) is 10.7 Å². The Labute approximate surface area is 101 Å². The van der Waals surface area contributed by atoms with Gasteiger partial charge in [0.2, 0.25) is 0 Å². The monoisotopic (exact) mass is 284 g/mol. The van der Waals surface area contributed by atoms with E-state index in [0.717, 1.165) is 5.56 Å². The third-order valence-corrected chi connectivity index (χ3v) is 2.93. The highest BCUT2D eigenvalue weighted by Gasteiger charge is 2.17. The molecule has 1 aromatic heterocycles. The molecule has 1 unspecified atom stereocenters. The van der Waals surface area contributed by atoms with E-state index in [9.17, 15) is 9.50 Å². The van der Waals surface area contributed by atoms with Gasteiger partial charge in [-0.25, -0.2) is 4.39 Å². The second kappa shape index (κ2) is 4.39. The number of aliphatic hydroxyl groups is 1. The van der Waals surface area contributed by atoms with E-state index in [0.29, 0.717) is 15.8 Å². The molecule has 84 valence electrons. The van der Waals surface area contributed by atoms with Crippen molar-refractivity contribution >= 4 is 15.9 Å². The van der Waals surface area contributed by atoms with Gasteiger partial charge in [-0.1, -0.05) is 6.07 Å². The van der Waals surface area contributed by atoms with Crippen molar-refractivity contribution in [2.24, 2.45) is 0 Å². The molecule has 1 aromatic carbocycles. The molecule has 0 saturated heterocycles. The Bertz CT molecular complexity index is 487. The van der Waals surface area contributed by atoms with Gasteiger partial charge in [0, 0.05) is 0 Å². The minimum atomic E-state index is -0.959. The van der Waals surface area contributed by atoms with Crippen LogP contribution in [0.2, 0.25) is 0 Å². The molecule has 0 amide bonds. The van der Waals surface area contributed by atoms with E-state index in [1.54, 1.807) is 19.1 Å². The van der Waals surface area contributed by atoms with Crippen LogP contribution in [0.25, 0.3) is 0 Å². The molecule has 0 bridgehead atoms. The van der Waals surface area contributed by atoms with Gasteiger partial charge in [-0.2, -0.15) is 0 Å². The van der Waals surface area contributed by atoms with Crippen LogP contribution in [0.3, 0.4) is 0 Å². The lowest BCUT2D eigenvalue weighted by Gasteiger charge is -2.10. The van der Waals surface area contributed by atoms with Crippen LogP contribution in [0, 0.1) is 12.7 Å². The van der Waals surface area contributed by atoms with Gasteiger partial charge in [-0.3, -0.25) is 0 Å². The van der Waals surface area contributed by atoms with Crippen molar-refractivity contribution in [3.05, 3.63) is 57.7 Å². The predicted octanol–water partition coefficient (Wildman–Crippen LogP) is 3.57. The molecule has 1 N–H and O–H groups in total. The number of aliphatic hydroxyl groups excluding tert-OH is 1. The first kappa shape index (κ1) is 11.4. The Morgan fingerprint density at radius 2 is 2.12 bits per heavy atom. The van der Waals surface area contributed by atoms with E-state index in [1.165, 1.54) is 18.4 Å². The summed E-state index contributed by atoms with van der Waals surface area (Å²) in [6.45, 7) is 1.77. The van der Waals surface area contributed by atoms with Crippen molar-refractivity contribution in [2.75, 3.05) is 0 Å². The first-order valence-corrected chi connectivity index (χ1v) is 5.55. The maximum absolute atomic E-state index is 13.2. The number of aryl methyl sites for hydroxylation is 1. The number of benzene rings is 1. The van der Waals surface area contributed by atoms with Crippen LogP contribution in [0.1, 0.15) is 23.0 Å². The quantitative estimate of drug-likeness (QED) is 0.915. The zero-order valence-electron chi connectivity index (χ0n) is 8.58. The van der Waals surface area contributed by atoms with Gasteiger partial charge in [-0.15, -0.1) is 0 Å². The molecule has 0 aliphatic rings. The topological polar surface area (TPSA) is 33.4 Å². The maximum Gasteiger partial charge on any atom is 0.150 e. The molecule has 0 saturated carbocycles. The summed E-state index contributed by atoms with van der Waals surface area (Å²) in [5, 5.41) is 10.0. The van der Waals surface area contributed by atoms with Gasteiger partial charge in [0.15, 0.2) is 5.76 Å². The third kappa shape index (κ3) is 2.18. The molecular formula is C12H10BrFO2. The predicted molar refractivity (Wildman–Crippen MR) is 61.6 cm³/mol. The molecule has 16 heavy (non-hydrogen) atoms. The molecule has 1 heterocycles. The summed E-state index contributed by atoms with van der Waals surface area (Å²) in [5.41, 5.74) is 1.24. The molecule has 1 atom stereocenters. The van der Waals surface area contributed by atoms with Gasteiger partial charge >= 0.3 is 0 Å². The smallest absolute Gasteiger partial charge is 0.150 e. The van der Waals surface area contributed by atoms with Crippen LogP contribution in [-0.4, -0.2) is 5.11 Å². The summed E-state index contributed by atoms with van der Waals surface area (Å²) in [7, 11) is 0. The van der Waals surface area contributed by atoms with Gasteiger partial charge < -0.3 is 9.52 Å². The Morgan fingerprint density at radius 3 is 2.69 bits per heavy atom. The number of furan rings is 1. The molecule has 2 nitrogen and oxygen atoms in total. The Kier molecular flexibility index (Phi) is 3.12. The number of halogens is 2. The van der Waals surface area contributed by atoms with Crippen LogP contribution in [0.4, 0.5) is 4.39 Å². The highest BCUT2D eigenvalue weighted by molar-refractivity contribution is 9.10. The van der Waals surface area contributed by atoms with Crippen LogP contribution in [0.15, 0.2) is 39.4 Å². The van der Waals surface area contributed by atoms with Crippen LogP contribution in [-0.2, 0) is 0 Å². The standard InChI is InChI=1S/C12H10BrFO2/c1-7-4-8(6-9(14)5-7)11(15)12-10(13)2-3-16-12/h2-6,11,15H,1H3. The fourth-order valence-electron chi connectivity index (χ4n) is 1.57. The average Bonchev–Trinajstić information content (AvgIpc) is 2.62. The molecule has 0 aliphatic carbocycles. The van der Waals surface area contributed by atoms with Crippen LogP contribution in [0.5, 0.6) is 0 Å². The summed E-state index contributed by atoms with van der Waals surface area (Å²) in [6.07, 6.45) is 0.508. The summed E-state index contributed by atoms with van der Waals surface area (Å²) < 4.78 is 19.0. The maximum atomic E-state index is 13.2. The van der Waals surface area contributed by atoms with E-state index in [-0.39, 0.29) is 5.82 Å². The second-order valence-electron chi connectivity index (χ2n) is 3.60. The van der Waals surface area contributed by atoms with Crippen molar-refractivity contribution in [1.29, 1.82) is 0 Å². The largest absolute Gasteiger partial charge is 0.465 e. The summed E-state index contributed by atoms with van der Waals surface area (Å²) in [4.78, 5) is 0. The summed E-state index contributed by atoms with van der Waals surface area (Å²) in [5.74, 6) is 0.0155. The molecular weight excluding hydrogens is 275 g/mol. The third-order valence-electron chi connectivity index (χ3n) is 2.27. The minimum Gasteiger partial charge on any atom is -0.465 e. The highest BCUT2D eigenvalue weighted by atomic mass is 79.9. The van der Waals surface area contributed by atoms with Crippen LogP contribution < -0.4 is 0 Å². The fourth-order valence-corrected chi connectivity index (χ4v) is 1.99. The highest BCUT2D eigenvalue weighted by Crippen LogP contribution is 2.30. The molecule has 0 spiro atoms. The zero-order chi connectivity index (χ0) is 11.7. The number of hydrogen-bond acceptors (Lipinski definition) is 2. The van der Waals surface area contributed by atoms with Crippen molar-refractivity contribution in [2.45, 2.75) is 13.0 Å². The molecule has 2 rings (SSSR count). The summed E-state index contributed by atoms with van der Waals surface area (Å²) in [6, 6.07) is 6.12. The van der Waals surface area contributed by atoms with Gasteiger partial charge in [0.25, 0.3) is 0 Å². The van der Waals surface area contributed by atoms with E-state index in [4.69, 9.17) is 4.42 Å². The minimum absolute atomic E-state index is 0.364. The number of rotatable bonds is 2. The van der Waals surface area contributed by atoms with E-state index < -0.39 is 6.10 Å². The van der Waals surface area contributed by atoms with Gasteiger partial charge in [0.1, 0.15) is 11.9 Å². The zero-order valence-corrected chi connectivity index (χ0v) is 10.2. The number of hydrogen-bond donors (Lipinski definition) is 1. The van der Waals surface area contributed by atoms with Crippen LogP contribution >= 0.6 is 15.9 Å². The lowest BCUT2D eigenvalue weighted by atomic mass is 10.0. The second-order valence-corrected chi connectivity index (χ2v) is 4.45. The molecule has 0 aliphatic heterocycles. The lowest BCUT2D eigenvalue weighted by molar-refractivity contribution is 0.188. The van der Waals surface area contributed by atoms with E-state index >= 15 is 0 Å². The molecule has 4 heteroatoms. The fraction of sp³-hybridized carbons (Fsp3) is 0.167. The summed E-state index contributed by atoms with van der Waals surface area (Å²) >= 11 is 3.25. The first-order chi connectivity index (χ1) is 7.58. The molecule has 0 radical (unpaired) electrons. The Hall–Kier alpha value is -1.13. The van der Waals surface area contributed by atoms with E-state index in [2.05, 4.69) is 15.9 Å².